The Morgan fingerprint density at radius 3 is 2.17 bits per heavy atom. The minimum absolute atomic E-state index is 0.148. The molecule has 0 fully saturated rings. The van der Waals surface area contributed by atoms with Crippen LogP contribution in [0.1, 0.15) is 47.7 Å². The molecule has 224 valence electrons. The molecular weight excluding hydrogens is 549 g/mol. The molecule has 0 saturated carbocycles. The van der Waals surface area contributed by atoms with Gasteiger partial charge >= 0.3 is 11.9 Å². The number of amides is 1. The second kappa shape index (κ2) is 15.4. The van der Waals surface area contributed by atoms with E-state index in [0.717, 1.165) is 34.7 Å². The third-order valence-electron chi connectivity index (χ3n) is 7.11. The summed E-state index contributed by atoms with van der Waals surface area (Å²) in [7, 11) is -0.0274. The first-order chi connectivity index (χ1) is 20.0. The minimum atomic E-state index is -1.33. The predicted octanol–water partition coefficient (Wildman–Crippen LogP) is 7.29. The number of hydrogen-bond donors (Lipinski definition) is 0. The molecule has 0 bridgehead atoms. The van der Waals surface area contributed by atoms with Gasteiger partial charge in [0.15, 0.2) is 0 Å². The van der Waals surface area contributed by atoms with Gasteiger partial charge in [0.25, 0.3) is 0 Å². The Kier molecular flexibility index (Phi) is 12.0. The summed E-state index contributed by atoms with van der Waals surface area (Å²) >= 11 is 0. The largest absolute Gasteiger partial charge is 0.467 e. The van der Waals surface area contributed by atoms with E-state index >= 15 is 0 Å². The van der Waals surface area contributed by atoms with Crippen molar-refractivity contribution in [3.63, 3.8) is 0 Å². The van der Waals surface area contributed by atoms with Crippen molar-refractivity contribution in [2.24, 2.45) is 0 Å². The van der Waals surface area contributed by atoms with Crippen LogP contribution in [-0.2, 0) is 32.0 Å². The van der Waals surface area contributed by atoms with Gasteiger partial charge in [-0.25, -0.2) is 14.0 Å². The second-order valence-corrected chi connectivity index (χ2v) is 17.3. The fourth-order valence-electron chi connectivity index (χ4n) is 4.57. The second-order valence-electron chi connectivity index (χ2n) is 11.7. The summed E-state index contributed by atoms with van der Waals surface area (Å²) in [5.41, 5.74) is 3.66. The van der Waals surface area contributed by atoms with Crippen molar-refractivity contribution in [3.8, 4) is 11.1 Å². The highest BCUT2D eigenvalue weighted by Gasteiger charge is 2.31. The van der Waals surface area contributed by atoms with E-state index in [2.05, 4.69) is 19.6 Å². The Morgan fingerprint density at radius 2 is 1.55 bits per heavy atom. The normalized spacial score (nSPS) is 12.0. The molecule has 1 atom stereocenters. The first kappa shape index (κ1) is 32.7. The van der Waals surface area contributed by atoms with Crippen LogP contribution in [0, 0.1) is 5.82 Å². The molecule has 6 nitrogen and oxygen atoms in total. The number of hydrogen-bond acceptors (Lipinski definition) is 5. The summed E-state index contributed by atoms with van der Waals surface area (Å²) < 4.78 is 24.2. The lowest BCUT2D eigenvalue weighted by Crippen LogP contribution is -2.46. The Morgan fingerprint density at radius 1 is 0.905 bits per heavy atom. The molecule has 0 spiro atoms. The van der Waals surface area contributed by atoms with E-state index in [1.165, 1.54) is 19.2 Å². The molecule has 0 aromatic heterocycles. The number of nitrogens with zero attached hydrogens (tertiary/aromatic N) is 1. The highest BCUT2D eigenvalue weighted by molar-refractivity contribution is 6.76. The number of ether oxygens (including phenoxy) is 2. The number of carbonyl (C=O) groups excluding carboxylic acids is 3. The first-order valence-electron chi connectivity index (χ1n) is 14.5. The van der Waals surface area contributed by atoms with Gasteiger partial charge in [0.2, 0.25) is 5.91 Å². The van der Waals surface area contributed by atoms with Gasteiger partial charge in [-0.15, -0.1) is 0 Å². The maximum Gasteiger partial charge on any atom is 0.338 e. The zero-order chi connectivity index (χ0) is 30.7. The van der Waals surface area contributed by atoms with Gasteiger partial charge in [-0.1, -0.05) is 87.6 Å². The maximum absolute atomic E-state index is 13.5. The van der Waals surface area contributed by atoms with Crippen LogP contribution in [0.15, 0.2) is 72.8 Å². The SMILES string of the molecule is CCCCC(=O)N(Cc1ccc(-c2ccccc2C(=O)OCC[Si](C)(C)C)cc1)C(Cc1ccc(F)cc1)C(=O)OC. The molecule has 42 heavy (non-hydrogen) atoms. The molecule has 1 unspecified atom stereocenters. The Hall–Kier alpha value is -3.78. The molecule has 0 heterocycles. The molecule has 0 aliphatic heterocycles. The van der Waals surface area contributed by atoms with E-state index in [1.54, 1.807) is 23.1 Å². The van der Waals surface area contributed by atoms with Gasteiger partial charge < -0.3 is 14.4 Å². The van der Waals surface area contributed by atoms with Crippen LogP contribution < -0.4 is 0 Å². The molecule has 1 amide bonds. The molecule has 3 rings (SSSR count). The highest BCUT2D eigenvalue weighted by atomic mass is 28.3. The van der Waals surface area contributed by atoms with Crippen LogP contribution in [0.5, 0.6) is 0 Å². The maximum atomic E-state index is 13.5. The number of halogens is 1. The Labute approximate surface area is 249 Å². The zero-order valence-corrected chi connectivity index (χ0v) is 26.3. The molecule has 8 heteroatoms. The minimum Gasteiger partial charge on any atom is -0.467 e. The molecule has 0 aliphatic rings. The number of carbonyl (C=O) groups is 3. The number of rotatable bonds is 14. The lowest BCUT2D eigenvalue weighted by molar-refractivity contribution is -0.153. The summed E-state index contributed by atoms with van der Waals surface area (Å²) in [5, 5.41) is 0. The van der Waals surface area contributed by atoms with Crippen molar-refractivity contribution in [2.75, 3.05) is 13.7 Å². The third-order valence-corrected chi connectivity index (χ3v) is 8.81. The fraction of sp³-hybridized carbons (Fsp3) is 0.382. The highest BCUT2D eigenvalue weighted by Crippen LogP contribution is 2.26. The molecule has 0 radical (unpaired) electrons. The van der Waals surface area contributed by atoms with E-state index in [0.29, 0.717) is 25.0 Å². The van der Waals surface area contributed by atoms with Crippen LogP contribution in [-0.4, -0.2) is 50.6 Å². The molecule has 0 N–H and O–H groups in total. The van der Waals surface area contributed by atoms with Gasteiger partial charge in [-0.3, -0.25) is 4.79 Å². The summed E-state index contributed by atoms with van der Waals surface area (Å²) in [5.74, 6) is -1.39. The van der Waals surface area contributed by atoms with E-state index < -0.39 is 20.1 Å². The van der Waals surface area contributed by atoms with Crippen LogP contribution in [0.25, 0.3) is 11.1 Å². The van der Waals surface area contributed by atoms with Crippen LogP contribution >= 0.6 is 0 Å². The summed E-state index contributed by atoms with van der Waals surface area (Å²) in [6.07, 6.45) is 2.05. The van der Waals surface area contributed by atoms with E-state index in [9.17, 15) is 18.8 Å². The van der Waals surface area contributed by atoms with Crippen molar-refractivity contribution < 1.29 is 28.2 Å². The van der Waals surface area contributed by atoms with Crippen molar-refractivity contribution in [3.05, 3.63) is 95.3 Å². The molecule has 3 aromatic carbocycles. The standard InChI is InChI=1S/C34H42FNO5Si/c1-6-7-12-32(37)36(31(34(39)40-2)23-25-15-19-28(35)20-16-25)24-26-13-17-27(18-14-26)29-10-8-9-11-30(29)33(38)41-21-22-42(3,4)5/h8-11,13-20,31H,6-7,12,21-24H2,1-5H3. The predicted molar refractivity (Wildman–Crippen MR) is 166 cm³/mol. The first-order valence-corrected chi connectivity index (χ1v) is 18.2. The fourth-order valence-corrected chi connectivity index (χ4v) is 5.29. The van der Waals surface area contributed by atoms with Gasteiger partial charge in [-0.05, 0) is 52.9 Å². The zero-order valence-electron chi connectivity index (χ0n) is 25.3. The van der Waals surface area contributed by atoms with E-state index in [-0.39, 0.29) is 30.7 Å². The van der Waals surface area contributed by atoms with E-state index in [4.69, 9.17) is 9.47 Å². The molecule has 0 aliphatic carbocycles. The Bertz CT molecular complexity index is 1340. The monoisotopic (exact) mass is 591 g/mol. The lowest BCUT2D eigenvalue weighted by Gasteiger charge is -2.30. The number of benzene rings is 3. The lowest BCUT2D eigenvalue weighted by atomic mass is 9.98. The van der Waals surface area contributed by atoms with Gasteiger partial charge in [-0.2, -0.15) is 0 Å². The summed E-state index contributed by atoms with van der Waals surface area (Å²) in [6.45, 7) is 9.33. The van der Waals surface area contributed by atoms with Crippen LogP contribution in [0.4, 0.5) is 4.39 Å². The van der Waals surface area contributed by atoms with Crippen molar-refractivity contribution in [1.82, 2.24) is 4.90 Å². The smallest absolute Gasteiger partial charge is 0.338 e. The molecular formula is C34H42FNO5Si. The summed E-state index contributed by atoms with van der Waals surface area (Å²) in [6, 6.07) is 20.9. The van der Waals surface area contributed by atoms with Crippen molar-refractivity contribution in [1.29, 1.82) is 0 Å². The average molecular weight is 592 g/mol. The average Bonchev–Trinajstić information content (AvgIpc) is 2.97. The quantitative estimate of drug-likeness (QED) is 0.145. The van der Waals surface area contributed by atoms with Crippen LogP contribution in [0.2, 0.25) is 25.7 Å². The number of esters is 2. The molecule has 0 saturated heterocycles. The van der Waals surface area contributed by atoms with Crippen LogP contribution in [0.3, 0.4) is 0 Å². The Balaban J connectivity index is 1.85. The van der Waals surface area contributed by atoms with Crippen molar-refractivity contribution >= 4 is 25.9 Å². The molecule has 3 aromatic rings. The number of methoxy groups -OCH3 is 1. The van der Waals surface area contributed by atoms with Gasteiger partial charge in [0.05, 0.1) is 19.3 Å². The van der Waals surface area contributed by atoms with Crippen molar-refractivity contribution in [2.45, 2.75) is 70.9 Å². The van der Waals surface area contributed by atoms with E-state index in [1.807, 2.05) is 49.4 Å². The summed E-state index contributed by atoms with van der Waals surface area (Å²) in [4.78, 5) is 40.8. The number of unbranched alkanes of at least 4 members (excludes halogenated alkanes) is 1. The topological polar surface area (TPSA) is 72.9 Å². The third kappa shape index (κ3) is 9.65. The van der Waals surface area contributed by atoms with Gasteiger partial charge in [0, 0.05) is 27.5 Å². The van der Waals surface area contributed by atoms with Gasteiger partial charge in [0.1, 0.15) is 11.9 Å².